The second-order valence-electron chi connectivity index (χ2n) is 7.85. The molecule has 1 spiro atoms. The number of nitrogens with zero attached hydrogens (tertiary/aromatic N) is 3. The van der Waals surface area contributed by atoms with Gasteiger partial charge in [0.25, 0.3) is 0 Å². The van der Waals surface area contributed by atoms with Gasteiger partial charge in [-0.1, -0.05) is 6.07 Å². The smallest absolute Gasteiger partial charge is 0.0543 e. The fourth-order valence-electron chi connectivity index (χ4n) is 4.77. The van der Waals surface area contributed by atoms with Crippen LogP contribution >= 0.6 is 0 Å². The summed E-state index contributed by atoms with van der Waals surface area (Å²) in [6.45, 7) is 9.28. The van der Waals surface area contributed by atoms with Gasteiger partial charge in [-0.25, -0.2) is 0 Å². The zero-order chi connectivity index (χ0) is 15.5. The lowest BCUT2D eigenvalue weighted by Gasteiger charge is -2.40. The highest BCUT2D eigenvalue weighted by molar-refractivity contribution is 5.04. The molecule has 0 aliphatic carbocycles. The monoisotopic (exact) mass is 315 g/mol. The Kier molecular flexibility index (Phi) is 4.65. The van der Waals surface area contributed by atoms with Crippen molar-refractivity contribution in [3.05, 3.63) is 30.1 Å². The summed E-state index contributed by atoms with van der Waals surface area (Å²) in [5, 5.41) is 0. The number of rotatable bonds is 4. The van der Waals surface area contributed by atoms with Crippen molar-refractivity contribution in [2.24, 2.45) is 11.3 Å². The van der Waals surface area contributed by atoms with Crippen LogP contribution in [0.3, 0.4) is 0 Å². The molecule has 0 unspecified atom stereocenters. The third kappa shape index (κ3) is 3.76. The first-order chi connectivity index (χ1) is 11.3. The molecule has 0 N–H and O–H groups in total. The minimum Gasteiger partial charge on any atom is -0.381 e. The second kappa shape index (κ2) is 6.88. The van der Waals surface area contributed by atoms with Crippen LogP contribution < -0.4 is 0 Å². The quantitative estimate of drug-likeness (QED) is 0.853. The van der Waals surface area contributed by atoms with Crippen LogP contribution in [-0.4, -0.2) is 60.7 Å². The van der Waals surface area contributed by atoms with E-state index in [0.717, 1.165) is 25.7 Å². The van der Waals surface area contributed by atoms with E-state index in [1.165, 1.54) is 64.1 Å². The number of hydrogen-bond donors (Lipinski definition) is 0. The molecular formula is C19H29N3O. The molecule has 0 aromatic carbocycles. The lowest BCUT2D eigenvalue weighted by molar-refractivity contribution is 0.0838. The zero-order valence-electron chi connectivity index (χ0n) is 14.1. The van der Waals surface area contributed by atoms with Crippen molar-refractivity contribution in [1.29, 1.82) is 0 Å². The van der Waals surface area contributed by atoms with Crippen LogP contribution in [0.5, 0.6) is 0 Å². The van der Waals surface area contributed by atoms with Crippen molar-refractivity contribution in [2.75, 3.05) is 45.9 Å². The predicted octanol–water partition coefficient (Wildman–Crippen LogP) is 2.41. The molecule has 3 aliphatic rings. The van der Waals surface area contributed by atoms with E-state index in [1.54, 1.807) is 0 Å². The normalized spacial score (nSPS) is 32.8. The number of likely N-dealkylation sites (tertiary alicyclic amines) is 2. The maximum absolute atomic E-state index is 5.55. The van der Waals surface area contributed by atoms with E-state index in [9.17, 15) is 0 Å². The Morgan fingerprint density at radius 1 is 1.17 bits per heavy atom. The van der Waals surface area contributed by atoms with E-state index in [0.29, 0.717) is 5.41 Å². The third-order valence-electron chi connectivity index (χ3n) is 5.91. The van der Waals surface area contributed by atoms with Gasteiger partial charge in [-0.05, 0) is 62.2 Å². The molecule has 3 fully saturated rings. The molecule has 23 heavy (non-hydrogen) atoms. The molecule has 3 saturated heterocycles. The summed E-state index contributed by atoms with van der Waals surface area (Å²) in [6, 6.07) is 6.26. The minimum absolute atomic E-state index is 0.534. The number of ether oxygens (including phenoxy) is 1. The molecule has 0 saturated carbocycles. The molecule has 3 aliphatic heterocycles. The van der Waals surface area contributed by atoms with Gasteiger partial charge < -0.3 is 9.64 Å². The molecule has 0 radical (unpaired) electrons. The van der Waals surface area contributed by atoms with Gasteiger partial charge in [0, 0.05) is 39.0 Å². The van der Waals surface area contributed by atoms with Crippen molar-refractivity contribution < 1.29 is 4.74 Å². The van der Waals surface area contributed by atoms with E-state index in [4.69, 9.17) is 4.74 Å². The molecule has 4 rings (SSSR count). The zero-order valence-corrected chi connectivity index (χ0v) is 14.1. The highest BCUT2D eigenvalue weighted by atomic mass is 16.5. The maximum Gasteiger partial charge on any atom is 0.0543 e. The topological polar surface area (TPSA) is 28.6 Å². The van der Waals surface area contributed by atoms with E-state index < -0.39 is 0 Å². The number of aromatic nitrogens is 1. The Labute approximate surface area is 139 Å². The molecule has 126 valence electrons. The molecule has 4 nitrogen and oxygen atoms in total. The van der Waals surface area contributed by atoms with Gasteiger partial charge in [-0.3, -0.25) is 9.88 Å². The Hall–Kier alpha value is -0.970. The molecular weight excluding hydrogens is 286 g/mol. The summed E-state index contributed by atoms with van der Waals surface area (Å²) in [7, 11) is 0. The molecule has 2 atom stereocenters. The van der Waals surface area contributed by atoms with Gasteiger partial charge >= 0.3 is 0 Å². The predicted molar refractivity (Wildman–Crippen MR) is 91.2 cm³/mol. The highest BCUT2D eigenvalue weighted by Crippen LogP contribution is 2.39. The van der Waals surface area contributed by atoms with Crippen molar-refractivity contribution >= 4 is 0 Å². The summed E-state index contributed by atoms with van der Waals surface area (Å²) in [5.41, 5.74) is 1.74. The Morgan fingerprint density at radius 3 is 2.96 bits per heavy atom. The van der Waals surface area contributed by atoms with E-state index in [2.05, 4.69) is 26.9 Å². The molecule has 4 heteroatoms. The van der Waals surface area contributed by atoms with Crippen LogP contribution in [0.2, 0.25) is 0 Å². The Balaban J connectivity index is 1.33. The van der Waals surface area contributed by atoms with Gasteiger partial charge in [0.05, 0.1) is 12.3 Å². The minimum atomic E-state index is 0.534. The number of pyridine rings is 1. The van der Waals surface area contributed by atoms with Gasteiger partial charge in [-0.2, -0.15) is 0 Å². The fraction of sp³-hybridized carbons (Fsp3) is 0.737. The highest BCUT2D eigenvalue weighted by Gasteiger charge is 2.41. The average Bonchev–Trinajstić information content (AvgIpc) is 3.20. The van der Waals surface area contributed by atoms with Crippen LogP contribution in [0.25, 0.3) is 0 Å². The first-order valence-electron chi connectivity index (χ1n) is 9.24. The van der Waals surface area contributed by atoms with E-state index >= 15 is 0 Å². The maximum atomic E-state index is 5.55. The first kappa shape index (κ1) is 15.6. The largest absolute Gasteiger partial charge is 0.381 e. The average molecular weight is 315 g/mol. The number of piperidine rings is 1. The third-order valence-corrected chi connectivity index (χ3v) is 5.91. The summed E-state index contributed by atoms with van der Waals surface area (Å²) >= 11 is 0. The van der Waals surface area contributed by atoms with Crippen molar-refractivity contribution in [2.45, 2.75) is 32.2 Å². The van der Waals surface area contributed by atoms with Crippen molar-refractivity contribution in [3.8, 4) is 0 Å². The Morgan fingerprint density at radius 2 is 2.13 bits per heavy atom. The Bertz CT molecular complexity index is 503. The molecule has 4 heterocycles. The fourth-order valence-corrected chi connectivity index (χ4v) is 4.77. The summed E-state index contributed by atoms with van der Waals surface area (Å²) in [4.78, 5) is 9.85. The molecule has 0 amide bonds. The van der Waals surface area contributed by atoms with Crippen LogP contribution in [0.15, 0.2) is 24.4 Å². The van der Waals surface area contributed by atoms with Crippen molar-refractivity contribution in [3.63, 3.8) is 0 Å². The lowest BCUT2D eigenvalue weighted by atomic mass is 9.79. The van der Waals surface area contributed by atoms with Gasteiger partial charge in [0.15, 0.2) is 0 Å². The van der Waals surface area contributed by atoms with Crippen LogP contribution in [0.4, 0.5) is 0 Å². The van der Waals surface area contributed by atoms with E-state index in [1.807, 2.05) is 12.3 Å². The van der Waals surface area contributed by atoms with Gasteiger partial charge in [0.1, 0.15) is 0 Å². The molecule has 0 bridgehead atoms. The number of hydrogen-bond acceptors (Lipinski definition) is 4. The molecule has 1 aromatic heterocycles. The van der Waals surface area contributed by atoms with Crippen LogP contribution in [0.1, 0.15) is 31.4 Å². The molecule has 1 aromatic rings. The summed E-state index contributed by atoms with van der Waals surface area (Å²) < 4.78 is 5.55. The van der Waals surface area contributed by atoms with Gasteiger partial charge in [-0.15, -0.1) is 0 Å². The standard InChI is InChI=1S/C19H29N3O/c1-2-8-20-18(4-1)13-21-9-3-6-19(15-21)7-10-22(16-19)12-17-5-11-23-14-17/h1-2,4,8,17H,3,5-7,9-16H2/t17-,19-/m0/s1. The lowest BCUT2D eigenvalue weighted by Crippen LogP contribution is -2.44. The van der Waals surface area contributed by atoms with Crippen molar-refractivity contribution in [1.82, 2.24) is 14.8 Å². The van der Waals surface area contributed by atoms with Crippen LogP contribution in [-0.2, 0) is 11.3 Å². The summed E-state index contributed by atoms with van der Waals surface area (Å²) in [6.07, 6.45) is 7.29. The SMILES string of the molecule is c1ccc(CN2CCC[C@]3(CCN(C[C@@H]4CCOC4)C3)C2)nc1. The first-order valence-corrected chi connectivity index (χ1v) is 9.24. The second-order valence-corrected chi connectivity index (χ2v) is 7.85. The summed E-state index contributed by atoms with van der Waals surface area (Å²) in [5.74, 6) is 0.776. The van der Waals surface area contributed by atoms with Gasteiger partial charge in [0.2, 0.25) is 0 Å². The van der Waals surface area contributed by atoms with Crippen LogP contribution in [0, 0.1) is 11.3 Å². The van der Waals surface area contributed by atoms with E-state index in [-0.39, 0.29) is 0 Å².